The van der Waals surface area contributed by atoms with Crippen LogP contribution in [0.1, 0.15) is 44.4 Å². The van der Waals surface area contributed by atoms with Gasteiger partial charge < -0.3 is 10.4 Å². The molecule has 0 bridgehead atoms. The molecule has 0 saturated heterocycles. The molecule has 2 aromatic carbocycles. The van der Waals surface area contributed by atoms with Crippen LogP contribution in [0, 0.1) is 0 Å². The Bertz CT molecular complexity index is 869. The van der Waals surface area contributed by atoms with Crippen LogP contribution in [-0.2, 0) is 4.79 Å². The molecule has 3 rings (SSSR count). The fraction of sp³-hybridized carbons (Fsp3) is 0.158. The van der Waals surface area contributed by atoms with Crippen molar-refractivity contribution in [3.8, 4) is 0 Å². The molecule has 7 nitrogen and oxygen atoms in total. The Hall–Kier alpha value is -3.48. The number of aromatic carboxylic acids is 1. The van der Waals surface area contributed by atoms with Gasteiger partial charge in [-0.05, 0) is 43.3 Å². The number of anilines is 1. The summed E-state index contributed by atoms with van der Waals surface area (Å²) < 4.78 is 0. The number of carbonyl (C=O) groups excluding carboxylic acids is 3. The standard InChI is InChI=1S/C19H16N2O5/c1-11(21-17(23)14-4-2-3-5-15(14)18(21)24)10-16(22)20-13-8-6-12(7-9-13)19(25)26/h2-9,11H,10H2,1H3,(H,20,22)(H,25,26). The number of nitrogens with one attached hydrogen (secondary N) is 1. The van der Waals surface area contributed by atoms with Crippen LogP contribution in [0.5, 0.6) is 0 Å². The monoisotopic (exact) mass is 352 g/mol. The number of nitrogens with zero attached hydrogens (tertiary/aromatic N) is 1. The van der Waals surface area contributed by atoms with E-state index >= 15 is 0 Å². The van der Waals surface area contributed by atoms with Gasteiger partial charge in [-0.3, -0.25) is 19.3 Å². The van der Waals surface area contributed by atoms with Crippen molar-refractivity contribution in [3.63, 3.8) is 0 Å². The fourth-order valence-corrected chi connectivity index (χ4v) is 2.88. The lowest BCUT2D eigenvalue weighted by molar-refractivity contribution is -0.116. The summed E-state index contributed by atoms with van der Waals surface area (Å²) >= 11 is 0. The molecule has 1 unspecified atom stereocenters. The average Bonchev–Trinajstić information content (AvgIpc) is 2.86. The number of benzene rings is 2. The van der Waals surface area contributed by atoms with Crippen LogP contribution < -0.4 is 5.32 Å². The molecule has 0 saturated carbocycles. The van der Waals surface area contributed by atoms with Crippen molar-refractivity contribution in [3.05, 3.63) is 65.2 Å². The second-order valence-electron chi connectivity index (χ2n) is 6.01. The van der Waals surface area contributed by atoms with E-state index in [0.717, 1.165) is 4.90 Å². The maximum Gasteiger partial charge on any atom is 0.335 e. The lowest BCUT2D eigenvalue weighted by atomic mass is 10.1. The summed E-state index contributed by atoms with van der Waals surface area (Å²) in [5, 5.41) is 11.5. The van der Waals surface area contributed by atoms with Gasteiger partial charge in [-0.2, -0.15) is 0 Å². The zero-order valence-electron chi connectivity index (χ0n) is 13.9. The third kappa shape index (κ3) is 3.19. The molecule has 1 aliphatic heterocycles. The molecule has 1 atom stereocenters. The van der Waals surface area contributed by atoms with Crippen LogP contribution in [0.25, 0.3) is 0 Å². The summed E-state index contributed by atoms with van der Waals surface area (Å²) in [6.07, 6.45) is -0.0633. The molecule has 2 N–H and O–H groups in total. The van der Waals surface area contributed by atoms with Gasteiger partial charge in [-0.25, -0.2) is 4.79 Å². The molecule has 0 aliphatic carbocycles. The zero-order valence-corrected chi connectivity index (χ0v) is 13.9. The minimum atomic E-state index is -1.05. The molecule has 2 aromatic rings. The Balaban J connectivity index is 1.66. The summed E-state index contributed by atoms with van der Waals surface area (Å²) in [6.45, 7) is 1.63. The Morgan fingerprint density at radius 2 is 1.54 bits per heavy atom. The van der Waals surface area contributed by atoms with E-state index in [4.69, 9.17) is 5.11 Å². The molecule has 0 fully saturated rings. The molecule has 0 spiro atoms. The Labute approximate surface area is 149 Å². The third-order valence-corrected chi connectivity index (χ3v) is 4.16. The lowest BCUT2D eigenvalue weighted by Gasteiger charge is -2.22. The van der Waals surface area contributed by atoms with E-state index in [1.165, 1.54) is 24.3 Å². The van der Waals surface area contributed by atoms with Crippen molar-refractivity contribution < 1.29 is 24.3 Å². The number of hydrogen-bond acceptors (Lipinski definition) is 4. The van der Waals surface area contributed by atoms with Gasteiger partial charge in [0.2, 0.25) is 5.91 Å². The molecular weight excluding hydrogens is 336 g/mol. The van der Waals surface area contributed by atoms with Crippen molar-refractivity contribution in [1.29, 1.82) is 0 Å². The van der Waals surface area contributed by atoms with Crippen LogP contribution >= 0.6 is 0 Å². The van der Waals surface area contributed by atoms with Crippen LogP contribution in [0.2, 0.25) is 0 Å². The molecule has 0 radical (unpaired) electrons. The van der Waals surface area contributed by atoms with Gasteiger partial charge in [-0.15, -0.1) is 0 Å². The van der Waals surface area contributed by atoms with E-state index in [0.29, 0.717) is 16.8 Å². The number of imide groups is 1. The van der Waals surface area contributed by atoms with Gasteiger partial charge in [0.1, 0.15) is 0 Å². The summed E-state index contributed by atoms with van der Waals surface area (Å²) in [7, 11) is 0. The second-order valence-corrected chi connectivity index (χ2v) is 6.01. The quantitative estimate of drug-likeness (QED) is 0.804. The maximum atomic E-state index is 12.4. The highest BCUT2D eigenvalue weighted by Gasteiger charge is 2.38. The average molecular weight is 352 g/mol. The van der Waals surface area contributed by atoms with E-state index in [-0.39, 0.29) is 17.9 Å². The first-order valence-electron chi connectivity index (χ1n) is 7.98. The molecule has 26 heavy (non-hydrogen) atoms. The van der Waals surface area contributed by atoms with Gasteiger partial charge in [0.05, 0.1) is 16.7 Å². The zero-order chi connectivity index (χ0) is 18.8. The molecule has 0 aromatic heterocycles. The Morgan fingerprint density at radius 3 is 2.04 bits per heavy atom. The first-order valence-corrected chi connectivity index (χ1v) is 7.98. The predicted octanol–water partition coefficient (Wildman–Crippen LogP) is 2.40. The number of fused-ring (bicyclic) bond motifs is 1. The topological polar surface area (TPSA) is 104 Å². The Morgan fingerprint density at radius 1 is 1.00 bits per heavy atom. The van der Waals surface area contributed by atoms with E-state index in [9.17, 15) is 19.2 Å². The highest BCUT2D eigenvalue weighted by molar-refractivity contribution is 6.21. The van der Waals surface area contributed by atoms with Crippen LogP contribution in [0.4, 0.5) is 5.69 Å². The minimum absolute atomic E-state index is 0.0633. The van der Waals surface area contributed by atoms with Crippen LogP contribution in [-0.4, -0.2) is 39.7 Å². The van der Waals surface area contributed by atoms with Gasteiger partial charge in [0.15, 0.2) is 0 Å². The molecule has 1 heterocycles. The van der Waals surface area contributed by atoms with Crippen molar-refractivity contribution in [2.45, 2.75) is 19.4 Å². The number of carboxylic acids is 1. The molecular formula is C19H16N2O5. The van der Waals surface area contributed by atoms with E-state index in [1.807, 2.05) is 0 Å². The highest BCUT2D eigenvalue weighted by atomic mass is 16.4. The molecule has 7 heteroatoms. The largest absolute Gasteiger partial charge is 0.478 e. The molecule has 1 aliphatic rings. The van der Waals surface area contributed by atoms with E-state index in [2.05, 4.69) is 5.32 Å². The predicted molar refractivity (Wildman–Crippen MR) is 93.1 cm³/mol. The van der Waals surface area contributed by atoms with Gasteiger partial charge >= 0.3 is 5.97 Å². The second kappa shape index (κ2) is 6.79. The molecule has 3 amide bonds. The van der Waals surface area contributed by atoms with Crippen LogP contribution in [0.15, 0.2) is 48.5 Å². The number of rotatable bonds is 5. The molecule has 132 valence electrons. The smallest absolute Gasteiger partial charge is 0.335 e. The Kier molecular flexibility index (Phi) is 4.53. The van der Waals surface area contributed by atoms with Crippen molar-refractivity contribution in [1.82, 2.24) is 4.90 Å². The number of amides is 3. The summed E-state index contributed by atoms with van der Waals surface area (Å²) in [6, 6.07) is 11.7. The summed E-state index contributed by atoms with van der Waals surface area (Å²) in [5.41, 5.74) is 1.24. The summed E-state index contributed by atoms with van der Waals surface area (Å²) in [5.74, 6) is -2.24. The van der Waals surface area contributed by atoms with Crippen molar-refractivity contribution >= 4 is 29.4 Å². The van der Waals surface area contributed by atoms with Gasteiger partial charge in [0, 0.05) is 18.2 Å². The third-order valence-electron chi connectivity index (χ3n) is 4.16. The van der Waals surface area contributed by atoms with Gasteiger partial charge in [0.25, 0.3) is 11.8 Å². The van der Waals surface area contributed by atoms with Gasteiger partial charge in [-0.1, -0.05) is 12.1 Å². The highest BCUT2D eigenvalue weighted by Crippen LogP contribution is 2.25. The maximum absolute atomic E-state index is 12.4. The lowest BCUT2D eigenvalue weighted by Crippen LogP contribution is -2.40. The van der Waals surface area contributed by atoms with E-state index < -0.39 is 23.8 Å². The first-order chi connectivity index (χ1) is 12.4. The number of hydrogen-bond donors (Lipinski definition) is 2. The normalized spacial score (nSPS) is 14.1. The minimum Gasteiger partial charge on any atom is -0.478 e. The van der Waals surface area contributed by atoms with Crippen molar-refractivity contribution in [2.75, 3.05) is 5.32 Å². The fourth-order valence-electron chi connectivity index (χ4n) is 2.88. The van der Waals surface area contributed by atoms with Crippen LogP contribution in [0.3, 0.4) is 0 Å². The number of carbonyl (C=O) groups is 4. The number of carboxylic acid groups (broad SMARTS) is 1. The first kappa shape index (κ1) is 17.3. The van der Waals surface area contributed by atoms with E-state index in [1.54, 1.807) is 31.2 Å². The van der Waals surface area contributed by atoms with Crippen molar-refractivity contribution in [2.24, 2.45) is 0 Å². The SMILES string of the molecule is CC(CC(=O)Nc1ccc(C(=O)O)cc1)N1C(=O)c2ccccc2C1=O. The summed E-state index contributed by atoms with van der Waals surface area (Å²) in [4.78, 5) is 48.9.